The smallest absolute Gasteiger partial charge is 0.205 e. The van der Waals surface area contributed by atoms with E-state index in [1.54, 1.807) is 18.4 Å². The number of halogens is 3. The lowest BCUT2D eigenvalue weighted by Gasteiger charge is -2.15. The molecule has 0 spiro atoms. The molecule has 0 heterocycles. The predicted molar refractivity (Wildman–Crippen MR) is 83.1 cm³/mol. The number of rotatable bonds is 4. The van der Waals surface area contributed by atoms with E-state index in [1.807, 2.05) is 6.92 Å². The molecule has 0 atom stereocenters. The highest BCUT2D eigenvalue weighted by Crippen LogP contribution is 2.38. The summed E-state index contributed by atoms with van der Waals surface area (Å²) in [6.45, 7) is 3.33. The van der Waals surface area contributed by atoms with Gasteiger partial charge in [-0.05, 0) is 37.3 Å². The number of nitrogens with two attached hydrogens (primary N) is 1. The van der Waals surface area contributed by atoms with Gasteiger partial charge in [0.25, 0.3) is 0 Å². The number of anilines is 1. The Morgan fingerprint density at radius 1 is 1.14 bits per heavy atom. The van der Waals surface area contributed by atoms with Crippen LogP contribution in [0.4, 0.5) is 18.9 Å². The number of hydrogen-bond donors (Lipinski definition) is 1. The molecule has 0 fully saturated rings. The van der Waals surface area contributed by atoms with E-state index in [2.05, 4.69) is 0 Å². The summed E-state index contributed by atoms with van der Waals surface area (Å²) in [5.74, 6) is -4.09. The average molecular weight is 327 g/mol. The zero-order valence-corrected chi connectivity index (χ0v) is 13.3. The molecule has 0 saturated carbocycles. The van der Waals surface area contributed by atoms with Gasteiger partial charge >= 0.3 is 0 Å². The van der Waals surface area contributed by atoms with Gasteiger partial charge in [-0.25, -0.2) is 8.78 Å². The SMILES string of the molecule is CCc1ccc(Oc2c(F)c(C)c(SC)c(F)c2F)c(N)c1. The van der Waals surface area contributed by atoms with Gasteiger partial charge in [0.2, 0.25) is 11.6 Å². The Bertz CT molecular complexity index is 690. The summed E-state index contributed by atoms with van der Waals surface area (Å²) in [6.07, 6.45) is 2.32. The molecule has 22 heavy (non-hydrogen) atoms. The molecule has 2 rings (SSSR count). The molecule has 0 aliphatic rings. The highest BCUT2D eigenvalue weighted by atomic mass is 32.2. The predicted octanol–water partition coefficient (Wildman–Crippen LogP) is 5.07. The van der Waals surface area contributed by atoms with Crippen LogP contribution in [0.3, 0.4) is 0 Å². The number of benzene rings is 2. The van der Waals surface area contributed by atoms with Crippen LogP contribution in [0, 0.1) is 24.4 Å². The lowest BCUT2D eigenvalue weighted by Crippen LogP contribution is -2.03. The third-order valence-corrected chi connectivity index (χ3v) is 4.25. The van der Waals surface area contributed by atoms with Gasteiger partial charge in [-0.3, -0.25) is 0 Å². The fourth-order valence-corrected chi connectivity index (χ4v) is 2.75. The Morgan fingerprint density at radius 2 is 1.82 bits per heavy atom. The van der Waals surface area contributed by atoms with Crippen LogP contribution in [0.1, 0.15) is 18.1 Å². The third-order valence-electron chi connectivity index (χ3n) is 3.36. The zero-order chi connectivity index (χ0) is 16.4. The highest BCUT2D eigenvalue weighted by Gasteiger charge is 2.24. The minimum absolute atomic E-state index is 0.00477. The summed E-state index contributed by atoms with van der Waals surface area (Å²) in [5, 5.41) is 0. The summed E-state index contributed by atoms with van der Waals surface area (Å²) in [5.41, 5.74) is 7.02. The fourth-order valence-electron chi connectivity index (χ4n) is 2.08. The Labute approximate surface area is 131 Å². The maximum atomic E-state index is 14.3. The monoisotopic (exact) mass is 327 g/mol. The normalized spacial score (nSPS) is 10.8. The number of nitrogen functional groups attached to an aromatic ring is 1. The number of aryl methyl sites for hydroxylation is 1. The molecule has 0 aliphatic carbocycles. The van der Waals surface area contributed by atoms with Crippen molar-refractivity contribution in [3.8, 4) is 11.5 Å². The van der Waals surface area contributed by atoms with E-state index in [-0.39, 0.29) is 21.9 Å². The largest absolute Gasteiger partial charge is 0.449 e. The van der Waals surface area contributed by atoms with Crippen molar-refractivity contribution in [3.63, 3.8) is 0 Å². The van der Waals surface area contributed by atoms with Crippen LogP contribution in [-0.2, 0) is 6.42 Å². The van der Waals surface area contributed by atoms with Crippen molar-refractivity contribution in [2.45, 2.75) is 25.2 Å². The lowest BCUT2D eigenvalue weighted by molar-refractivity contribution is 0.378. The van der Waals surface area contributed by atoms with Gasteiger partial charge in [-0.15, -0.1) is 11.8 Å². The first-order valence-corrected chi connectivity index (χ1v) is 7.90. The number of ether oxygens (including phenoxy) is 1. The molecule has 118 valence electrons. The van der Waals surface area contributed by atoms with Crippen molar-refractivity contribution in [1.82, 2.24) is 0 Å². The summed E-state index contributed by atoms with van der Waals surface area (Å²) < 4.78 is 47.5. The molecule has 0 unspecified atom stereocenters. The Hall–Kier alpha value is -1.82. The van der Waals surface area contributed by atoms with E-state index in [9.17, 15) is 13.2 Å². The first-order chi connectivity index (χ1) is 10.4. The molecule has 2 nitrogen and oxygen atoms in total. The summed E-state index contributed by atoms with van der Waals surface area (Å²) in [6, 6.07) is 4.91. The summed E-state index contributed by atoms with van der Waals surface area (Å²) in [4.78, 5) is -0.0725. The Balaban J connectivity index is 2.51. The van der Waals surface area contributed by atoms with Crippen LogP contribution in [-0.4, -0.2) is 6.26 Å². The second-order valence-electron chi connectivity index (χ2n) is 4.76. The second kappa shape index (κ2) is 6.52. The Kier molecular flexibility index (Phi) is 4.90. The van der Waals surface area contributed by atoms with Crippen molar-refractivity contribution in [3.05, 3.63) is 46.8 Å². The van der Waals surface area contributed by atoms with E-state index in [4.69, 9.17) is 10.5 Å². The third kappa shape index (κ3) is 2.88. The van der Waals surface area contributed by atoms with Gasteiger partial charge in [0.15, 0.2) is 17.4 Å². The molecule has 0 saturated heterocycles. The lowest BCUT2D eigenvalue weighted by atomic mass is 10.1. The molecule has 0 bridgehead atoms. The average Bonchev–Trinajstić information content (AvgIpc) is 2.51. The van der Waals surface area contributed by atoms with Gasteiger partial charge in [0.1, 0.15) is 0 Å². The van der Waals surface area contributed by atoms with E-state index in [1.165, 1.54) is 13.0 Å². The summed E-state index contributed by atoms with van der Waals surface area (Å²) in [7, 11) is 0. The molecule has 0 aromatic heterocycles. The van der Waals surface area contributed by atoms with E-state index >= 15 is 0 Å². The molecule has 0 radical (unpaired) electrons. The molecule has 2 aromatic carbocycles. The van der Waals surface area contributed by atoms with Crippen molar-refractivity contribution in [2.24, 2.45) is 0 Å². The number of thioether (sulfide) groups is 1. The van der Waals surface area contributed by atoms with Crippen molar-refractivity contribution in [1.29, 1.82) is 0 Å². The van der Waals surface area contributed by atoms with Crippen LogP contribution in [0.2, 0.25) is 0 Å². The molecule has 6 heteroatoms. The molecule has 2 aromatic rings. The number of hydrogen-bond acceptors (Lipinski definition) is 3. The minimum atomic E-state index is -1.36. The first-order valence-electron chi connectivity index (χ1n) is 6.67. The van der Waals surface area contributed by atoms with E-state index in [0.717, 1.165) is 23.7 Å². The van der Waals surface area contributed by atoms with Gasteiger partial charge in [-0.2, -0.15) is 4.39 Å². The minimum Gasteiger partial charge on any atom is -0.449 e. The van der Waals surface area contributed by atoms with Gasteiger partial charge < -0.3 is 10.5 Å². The van der Waals surface area contributed by atoms with Crippen LogP contribution in [0.25, 0.3) is 0 Å². The molecule has 0 amide bonds. The molecular weight excluding hydrogens is 311 g/mol. The quantitative estimate of drug-likeness (QED) is 0.484. The molecule has 0 aliphatic heterocycles. The fraction of sp³-hybridized carbons (Fsp3) is 0.250. The van der Waals surface area contributed by atoms with Crippen LogP contribution < -0.4 is 10.5 Å². The first kappa shape index (κ1) is 16.5. The maximum absolute atomic E-state index is 14.3. The zero-order valence-electron chi connectivity index (χ0n) is 12.5. The topological polar surface area (TPSA) is 35.2 Å². The van der Waals surface area contributed by atoms with Crippen molar-refractivity contribution in [2.75, 3.05) is 12.0 Å². The van der Waals surface area contributed by atoms with Crippen molar-refractivity contribution >= 4 is 17.4 Å². The van der Waals surface area contributed by atoms with Gasteiger partial charge in [-0.1, -0.05) is 13.0 Å². The maximum Gasteiger partial charge on any atom is 0.205 e. The molecule has 2 N–H and O–H groups in total. The van der Waals surface area contributed by atoms with Crippen molar-refractivity contribution < 1.29 is 17.9 Å². The van der Waals surface area contributed by atoms with E-state index < -0.39 is 23.2 Å². The van der Waals surface area contributed by atoms with E-state index in [0.29, 0.717) is 0 Å². The standard InChI is InChI=1S/C16H16F3NOS/c1-4-9-5-6-11(10(20)7-9)21-15-12(17)8(2)16(22-3)14(19)13(15)18/h5-7H,4,20H2,1-3H3. The highest BCUT2D eigenvalue weighted by molar-refractivity contribution is 7.98. The van der Waals surface area contributed by atoms with Crippen LogP contribution >= 0.6 is 11.8 Å². The van der Waals surface area contributed by atoms with Crippen LogP contribution in [0.15, 0.2) is 23.1 Å². The second-order valence-corrected chi connectivity index (χ2v) is 5.57. The van der Waals surface area contributed by atoms with Gasteiger partial charge in [0, 0.05) is 5.56 Å². The molecular formula is C16H16F3NOS. The van der Waals surface area contributed by atoms with Crippen LogP contribution in [0.5, 0.6) is 11.5 Å². The Morgan fingerprint density at radius 3 is 2.36 bits per heavy atom. The van der Waals surface area contributed by atoms with Gasteiger partial charge in [0.05, 0.1) is 10.6 Å². The summed E-state index contributed by atoms with van der Waals surface area (Å²) >= 11 is 0.938.